The molecule has 60 nitrogen and oxygen atoms in total. The Morgan fingerprint density at radius 1 is 0.514 bits per heavy atom. The van der Waals surface area contributed by atoms with Crippen LogP contribution in [0.4, 0.5) is 11.6 Å². The van der Waals surface area contributed by atoms with Gasteiger partial charge in [-0.05, 0) is 109 Å². The van der Waals surface area contributed by atoms with E-state index in [0.29, 0.717) is 70.3 Å². The quantitative estimate of drug-likeness (QED) is 0.00495. The number of amides is 6. The van der Waals surface area contributed by atoms with Crippen molar-refractivity contribution in [1.82, 2.24) is 81.5 Å². The fraction of sp³-hybridized carbons (Fsp3) is 0.457. The average Bonchev–Trinajstić information content (AvgIpc) is 1.61. The molecule has 14 unspecified atom stereocenters. The fourth-order valence-corrected chi connectivity index (χ4v) is 13.3. The number of carbonyl (C=O) groups excluding carboxylic acids is 6. The minimum Gasteiger partial charge on any atom is -0.493 e. The van der Waals surface area contributed by atoms with Crippen molar-refractivity contribution in [1.29, 1.82) is 0 Å². The van der Waals surface area contributed by atoms with E-state index in [1.807, 2.05) is 0 Å². The minimum absolute atomic E-state index is 0.00356. The van der Waals surface area contributed by atoms with Crippen LogP contribution in [0.2, 0.25) is 0 Å². The van der Waals surface area contributed by atoms with Crippen LogP contribution in [0.25, 0.3) is 73.7 Å². The van der Waals surface area contributed by atoms with Crippen LogP contribution in [0, 0.1) is 35.5 Å². The number of nitrogens with two attached hydrogens (primary N) is 2. The predicted octanol–water partition coefficient (Wildman–Crippen LogP) is 3.23. The third kappa shape index (κ3) is 39.8. The van der Waals surface area contributed by atoms with Crippen LogP contribution in [0.3, 0.4) is 0 Å². The van der Waals surface area contributed by atoms with E-state index >= 15 is 0 Å². The molecule has 3 saturated heterocycles. The molecule has 6 amide bonds. The van der Waals surface area contributed by atoms with E-state index in [4.69, 9.17) is 110 Å². The van der Waals surface area contributed by atoms with Crippen LogP contribution in [-0.2, 0) is 70.6 Å². The summed E-state index contributed by atoms with van der Waals surface area (Å²) in [5, 5.41) is 45.1. The Hall–Kier alpha value is -15.1. The zero-order valence-electron chi connectivity index (χ0n) is 77.6. The van der Waals surface area contributed by atoms with Crippen LogP contribution >= 0.6 is 28.4 Å². The molecule has 4 aromatic heterocycles. The first-order valence-electron chi connectivity index (χ1n) is 42.6. The van der Waals surface area contributed by atoms with E-state index < -0.39 is 110 Å². The molecule has 14 atom stereocenters. The lowest BCUT2D eigenvalue weighted by molar-refractivity contribution is -0.128. The summed E-state index contributed by atoms with van der Waals surface area (Å²) in [4.78, 5) is 139. The van der Waals surface area contributed by atoms with E-state index in [-0.39, 0.29) is 159 Å². The Morgan fingerprint density at radius 3 is 1.34 bits per heavy atom. The van der Waals surface area contributed by atoms with Gasteiger partial charge in [-0.3, -0.25) is 47.7 Å². The van der Waals surface area contributed by atoms with Crippen LogP contribution in [0.1, 0.15) is 85.7 Å². The van der Waals surface area contributed by atoms with Crippen molar-refractivity contribution in [3.8, 4) is 52.8 Å². The van der Waals surface area contributed by atoms with Gasteiger partial charge in [0.05, 0.1) is 107 Å². The number of nitrogen functional groups attached to an aromatic ring is 2. The van der Waals surface area contributed by atoms with Gasteiger partial charge in [-0.15, -0.1) is 0 Å². The second kappa shape index (κ2) is 65.8. The smallest absolute Gasteiger partial charge is 0.351 e. The van der Waals surface area contributed by atoms with Crippen LogP contribution < -0.4 is 90.5 Å². The highest BCUT2D eigenvalue weighted by molar-refractivity contribution is 7.10. The average molecular weight is 2060 g/mol. The highest BCUT2D eigenvalue weighted by Gasteiger charge is 2.41. The number of methoxy groups -OCH3 is 1. The number of nitrogens with zero attached hydrogens (tertiary/aromatic N) is 24. The molecule has 3 aliphatic heterocycles. The molecule has 3 fully saturated rings. The molecule has 7 aromatic rings. The van der Waals surface area contributed by atoms with Gasteiger partial charge in [0.25, 0.3) is 23.3 Å². The number of fused-ring (bicyclic) bond motifs is 1. The Kier molecular flexibility index (Phi) is 52.9. The van der Waals surface area contributed by atoms with Gasteiger partial charge in [0.2, 0.25) is 17.7 Å². The SMILES string of the molecule is CNCNC(=O)c1cccc(OCC(N=[N+]=[N-])OCC(=O)NCC#Cc2cn(C3CC(OCN=[N+]=[N-])C(COP)O3)c(=O)nc2N)c1.CNCNC(=O)c1cccc(OCC(N=[N+]=[N-])OCC(=O)NCC#Cc2cn(C3CC(OCN=[N+]=[N-])C(COP)O3)c3ncnc(N)c23)c1.CNCNC(=O)c1cccc(OCCN=[N+]=[N-])c1.COCC(=O)NCC#Cc1cn(C2CC(OCN=[N+]=[N-])C(COP)O2)c(=O)[nH]c1=O. The number of ether oxygens (including phenoxy) is 12. The lowest BCUT2D eigenvalue weighted by Gasteiger charge is -2.17. The van der Waals surface area contributed by atoms with Crippen molar-refractivity contribution >= 4 is 86.5 Å². The van der Waals surface area contributed by atoms with Crippen molar-refractivity contribution in [2.45, 2.75) is 87.0 Å². The molecule has 10 rings (SSSR count). The number of hydrogen-bond donors (Lipinski definition) is 12. The lowest BCUT2D eigenvalue weighted by Crippen LogP contribution is -2.33. The van der Waals surface area contributed by atoms with E-state index in [9.17, 15) is 43.2 Å². The number of aromatic amines is 1. The summed E-state index contributed by atoms with van der Waals surface area (Å²) in [7, 11) is 12.9. The van der Waals surface area contributed by atoms with E-state index in [1.165, 1.54) is 47.1 Å². The molecule has 144 heavy (non-hydrogen) atoms. The molecule has 3 aliphatic rings. The second-order valence-corrected chi connectivity index (χ2v) is 29.9. The molecule has 0 saturated carbocycles. The highest BCUT2D eigenvalue weighted by atomic mass is 31.0. The monoisotopic (exact) mass is 2060 g/mol. The zero-order valence-corrected chi connectivity index (χ0v) is 81.0. The van der Waals surface area contributed by atoms with Gasteiger partial charge >= 0.3 is 11.4 Å². The fourth-order valence-electron chi connectivity index (χ4n) is 12.7. The van der Waals surface area contributed by atoms with Crippen LogP contribution in [-0.4, -0.2) is 272 Å². The number of carbonyl (C=O) groups is 6. The Bertz CT molecular complexity index is 6150. The standard InChI is InChI=1S/C28H34N13O7P.C26H33N12O8P.C16H21N6O7P.C11H15N5O2/c1-32-14-36-28(43)17-4-2-6-19(8-17)44-13-23(38-40-31)45-12-22(42)33-7-3-5-18-10-41(27-25(18)26(29)34-15-35-27)24-9-20(46-16-37-39-30)21(48-24)11-47-49;1-30-14-32-25(40)16-4-2-6-18(8-16)42-13-22(35-37-29)43-12-21(39)31-7-3-5-17-10-38(26(41)34-24(17)27)23-9-19(44-15-33-36-28)20(46-23)11-45-47;1-26-8-13(23)18-4-2-3-10-6-22(16(25)20-15(10)24)14-5-11(27-9-19-21-17)12(29-14)7-28-30;1-13-8-14-11(17)9-3-2-4-10(7-9)18-6-5-15-16-12/h2,4,6,8,10,15,20-21,23-24,32H,7,9,11-14,16,49H2,1H3,(H,33,42)(H,36,43)(H2,29,34,35);2,4,6,8,10,19-20,22-23,30H,7,9,11-15,47H2,1H3,(H,31,39)(H,32,40)(H2,27,34,41);6,11-12,14H,4-5,7-9,30H2,1H3,(H,18,23)(H,20,24,25);2-4,7,13H,5-6,8H2,1H3,(H,14,17). The maximum absolute atomic E-state index is 12.6. The molecule has 3 aromatic carbocycles. The molecule has 0 spiro atoms. The van der Waals surface area contributed by atoms with Gasteiger partial charge in [-0.2, -0.15) is 4.98 Å². The minimum atomic E-state index is -1.14. The molecule has 63 heteroatoms. The third-order valence-corrected chi connectivity index (χ3v) is 19.8. The maximum Gasteiger partial charge on any atom is 0.351 e. The summed E-state index contributed by atoms with van der Waals surface area (Å²) in [6, 6.07) is 19.6. The summed E-state index contributed by atoms with van der Waals surface area (Å²) in [5.41, 5.74) is 63.9. The van der Waals surface area contributed by atoms with Gasteiger partial charge in [0.1, 0.15) is 137 Å². The number of nitrogens with one attached hydrogen (secondary N) is 10. The summed E-state index contributed by atoms with van der Waals surface area (Å²) in [6.45, 7) is -0.141. The summed E-state index contributed by atoms with van der Waals surface area (Å²) in [6.07, 6.45) is -0.681. The third-order valence-electron chi connectivity index (χ3n) is 19.2. The molecular weight excluding hydrogens is 1950 g/mol. The summed E-state index contributed by atoms with van der Waals surface area (Å²) in [5.74, 6) is 15.7. The topological polar surface area (TPSA) is 814 Å². The molecule has 0 radical (unpaired) electrons. The van der Waals surface area contributed by atoms with E-state index in [1.54, 1.807) is 92.6 Å². The largest absolute Gasteiger partial charge is 0.493 e. The Labute approximate surface area is 824 Å². The number of benzene rings is 3. The number of aromatic nitrogens is 7. The van der Waals surface area contributed by atoms with Crippen LogP contribution in [0.15, 0.2) is 143 Å². The summed E-state index contributed by atoms with van der Waals surface area (Å²) < 4.78 is 86.1. The van der Waals surface area contributed by atoms with Crippen molar-refractivity contribution in [3.63, 3.8) is 0 Å². The van der Waals surface area contributed by atoms with Crippen molar-refractivity contribution in [3.05, 3.63) is 225 Å². The molecule has 766 valence electrons. The van der Waals surface area contributed by atoms with Gasteiger partial charge in [-0.1, -0.05) is 84.4 Å². The van der Waals surface area contributed by atoms with Crippen LogP contribution in [0.5, 0.6) is 17.2 Å². The van der Waals surface area contributed by atoms with Gasteiger partial charge in [0.15, 0.2) is 12.5 Å². The summed E-state index contributed by atoms with van der Waals surface area (Å²) >= 11 is 0. The predicted molar refractivity (Wildman–Crippen MR) is 519 cm³/mol. The Morgan fingerprint density at radius 2 is 0.917 bits per heavy atom. The molecule has 0 bridgehead atoms. The highest BCUT2D eigenvalue weighted by Crippen LogP contribution is 2.37. The zero-order chi connectivity index (χ0) is 104. The number of anilines is 2. The Balaban J connectivity index is 0.000000275. The van der Waals surface area contributed by atoms with Crippen molar-refractivity contribution in [2.75, 3.05) is 166 Å². The first-order valence-corrected chi connectivity index (χ1v) is 44.0. The number of azide groups is 6. The first kappa shape index (κ1) is 116. The maximum atomic E-state index is 12.6. The van der Waals surface area contributed by atoms with Gasteiger partial charge in [-0.25, -0.2) is 19.6 Å². The normalized spacial score (nSPS) is 16.9. The second-order valence-electron chi connectivity index (χ2n) is 28.9. The van der Waals surface area contributed by atoms with Crippen molar-refractivity contribution in [2.24, 2.45) is 30.7 Å². The number of rotatable bonds is 50. The first-order chi connectivity index (χ1) is 69.9. The molecular formula is C81H103N36O24P3. The molecule has 14 N–H and O–H groups in total. The van der Waals surface area contributed by atoms with E-state index in [2.05, 4.69) is 197 Å². The molecule has 7 heterocycles. The number of H-pyrrole nitrogens is 1. The number of hydrogen-bond acceptors (Lipinski definition) is 38. The molecule has 0 aliphatic carbocycles. The lowest BCUT2D eigenvalue weighted by atomic mass is 10.2. The van der Waals surface area contributed by atoms with Gasteiger partial charge in [0, 0.05) is 120 Å². The van der Waals surface area contributed by atoms with Gasteiger partial charge < -0.3 is 134 Å². The van der Waals surface area contributed by atoms with Crippen molar-refractivity contribution < 1.29 is 99.2 Å². The van der Waals surface area contributed by atoms with E-state index in [0.717, 1.165) is 0 Å².